The Bertz CT molecular complexity index is 380. The van der Waals surface area contributed by atoms with E-state index in [2.05, 4.69) is 37.3 Å². The number of aryl methyl sites for hydroxylation is 2. The molecule has 0 aliphatic heterocycles. The van der Waals surface area contributed by atoms with Gasteiger partial charge in [-0.1, -0.05) is 0 Å². The van der Waals surface area contributed by atoms with Crippen LogP contribution in [0.2, 0.25) is 0 Å². The zero-order valence-electron chi connectivity index (χ0n) is 13.1. The molecular formula is C16H28N2OS. The molecule has 1 aromatic rings. The summed E-state index contributed by atoms with van der Waals surface area (Å²) in [5, 5.41) is 3.57. The molecule has 20 heavy (non-hydrogen) atoms. The standard InChI is InChI=1S/C16H28N2OS/c1-13(17-8-10-19-11-9-18(2)3)16-12-14-6-4-5-7-15(14)20-16/h12-13,17H,4-11H2,1-3H3. The van der Waals surface area contributed by atoms with Crippen LogP contribution in [0.5, 0.6) is 0 Å². The van der Waals surface area contributed by atoms with E-state index in [0.717, 1.165) is 26.3 Å². The van der Waals surface area contributed by atoms with Crippen LogP contribution >= 0.6 is 11.3 Å². The Balaban J connectivity index is 1.67. The third-order valence-corrected chi connectivity index (χ3v) is 5.24. The zero-order valence-corrected chi connectivity index (χ0v) is 13.9. The fourth-order valence-electron chi connectivity index (χ4n) is 2.52. The van der Waals surface area contributed by atoms with Crippen LogP contribution < -0.4 is 5.32 Å². The number of hydrogen-bond donors (Lipinski definition) is 1. The van der Waals surface area contributed by atoms with Crippen molar-refractivity contribution in [1.29, 1.82) is 0 Å². The Kier molecular flexibility index (Phi) is 6.49. The lowest BCUT2D eigenvalue weighted by molar-refractivity contribution is 0.118. The predicted molar refractivity (Wildman–Crippen MR) is 86.8 cm³/mol. The average Bonchev–Trinajstić information content (AvgIpc) is 2.86. The van der Waals surface area contributed by atoms with E-state index in [1.165, 1.54) is 30.6 Å². The number of hydrogen-bond acceptors (Lipinski definition) is 4. The molecule has 0 radical (unpaired) electrons. The van der Waals surface area contributed by atoms with E-state index in [9.17, 15) is 0 Å². The van der Waals surface area contributed by atoms with Gasteiger partial charge in [0.1, 0.15) is 0 Å². The highest BCUT2D eigenvalue weighted by atomic mass is 32.1. The number of nitrogens with zero attached hydrogens (tertiary/aromatic N) is 1. The fourth-order valence-corrected chi connectivity index (χ4v) is 3.81. The number of fused-ring (bicyclic) bond motifs is 1. The molecular weight excluding hydrogens is 268 g/mol. The van der Waals surface area contributed by atoms with E-state index < -0.39 is 0 Å². The molecule has 0 bridgehead atoms. The summed E-state index contributed by atoms with van der Waals surface area (Å²) in [7, 11) is 4.14. The monoisotopic (exact) mass is 296 g/mol. The molecule has 2 rings (SSSR count). The van der Waals surface area contributed by atoms with E-state index in [1.807, 2.05) is 11.3 Å². The lowest BCUT2D eigenvalue weighted by Gasteiger charge is -2.13. The molecule has 0 saturated carbocycles. The summed E-state index contributed by atoms with van der Waals surface area (Å²) < 4.78 is 5.61. The van der Waals surface area contributed by atoms with Gasteiger partial charge in [-0.25, -0.2) is 0 Å². The summed E-state index contributed by atoms with van der Waals surface area (Å²) in [6.45, 7) is 5.79. The minimum atomic E-state index is 0.447. The van der Waals surface area contributed by atoms with E-state index in [0.29, 0.717) is 6.04 Å². The second-order valence-electron chi connectivity index (χ2n) is 5.90. The van der Waals surface area contributed by atoms with Crippen LogP contribution in [0.4, 0.5) is 0 Å². The molecule has 1 aliphatic rings. The summed E-state index contributed by atoms with van der Waals surface area (Å²) in [4.78, 5) is 5.26. The van der Waals surface area contributed by atoms with Crippen LogP contribution in [0.25, 0.3) is 0 Å². The molecule has 0 saturated heterocycles. The highest BCUT2D eigenvalue weighted by Crippen LogP contribution is 2.32. The predicted octanol–water partition coefficient (Wildman–Crippen LogP) is 2.86. The van der Waals surface area contributed by atoms with Crippen molar-refractivity contribution in [2.75, 3.05) is 40.4 Å². The molecule has 0 amide bonds. The first-order valence-corrected chi connectivity index (χ1v) is 8.56. The van der Waals surface area contributed by atoms with Crippen LogP contribution in [-0.2, 0) is 17.6 Å². The number of thiophene rings is 1. The average molecular weight is 296 g/mol. The first kappa shape index (κ1) is 16.0. The summed E-state index contributed by atoms with van der Waals surface area (Å²) in [6.07, 6.45) is 5.31. The van der Waals surface area contributed by atoms with E-state index >= 15 is 0 Å². The Morgan fingerprint density at radius 2 is 2.10 bits per heavy atom. The lowest BCUT2D eigenvalue weighted by atomic mass is 9.99. The highest BCUT2D eigenvalue weighted by molar-refractivity contribution is 7.12. The van der Waals surface area contributed by atoms with Crippen LogP contribution in [-0.4, -0.2) is 45.3 Å². The first-order valence-electron chi connectivity index (χ1n) is 7.74. The van der Waals surface area contributed by atoms with Crippen LogP contribution in [0, 0.1) is 0 Å². The third kappa shape index (κ3) is 4.85. The van der Waals surface area contributed by atoms with Gasteiger partial charge in [0.05, 0.1) is 13.2 Å². The fraction of sp³-hybridized carbons (Fsp3) is 0.750. The van der Waals surface area contributed by atoms with Gasteiger partial charge in [0, 0.05) is 28.9 Å². The lowest BCUT2D eigenvalue weighted by Crippen LogP contribution is -2.25. The Labute approximate surface area is 127 Å². The van der Waals surface area contributed by atoms with Crippen molar-refractivity contribution < 1.29 is 4.74 Å². The second kappa shape index (κ2) is 8.13. The van der Waals surface area contributed by atoms with Crippen molar-refractivity contribution in [3.05, 3.63) is 21.4 Å². The third-order valence-electron chi connectivity index (χ3n) is 3.82. The maximum absolute atomic E-state index is 5.61. The molecule has 114 valence electrons. The largest absolute Gasteiger partial charge is 0.379 e. The molecule has 3 nitrogen and oxygen atoms in total. The van der Waals surface area contributed by atoms with Crippen LogP contribution in [0.3, 0.4) is 0 Å². The highest BCUT2D eigenvalue weighted by Gasteiger charge is 2.16. The summed E-state index contributed by atoms with van der Waals surface area (Å²) in [6, 6.07) is 2.87. The molecule has 1 heterocycles. The number of likely N-dealkylation sites (N-methyl/N-ethyl adjacent to an activating group) is 1. The molecule has 1 atom stereocenters. The molecule has 0 aromatic carbocycles. The van der Waals surface area contributed by atoms with Crippen LogP contribution in [0.1, 0.15) is 41.1 Å². The quantitative estimate of drug-likeness (QED) is 0.747. The minimum Gasteiger partial charge on any atom is -0.379 e. The van der Waals surface area contributed by atoms with Crippen molar-refractivity contribution in [1.82, 2.24) is 10.2 Å². The second-order valence-corrected chi connectivity index (χ2v) is 7.06. The summed E-state index contributed by atoms with van der Waals surface area (Å²) in [5.41, 5.74) is 1.60. The number of nitrogens with one attached hydrogen (secondary N) is 1. The summed E-state index contributed by atoms with van der Waals surface area (Å²) >= 11 is 2.01. The van der Waals surface area contributed by atoms with Gasteiger partial charge in [0.2, 0.25) is 0 Å². The van der Waals surface area contributed by atoms with Crippen molar-refractivity contribution >= 4 is 11.3 Å². The van der Waals surface area contributed by atoms with Gasteiger partial charge in [-0.2, -0.15) is 0 Å². The van der Waals surface area contributed by atoms with E-state index in [1.54, 1.807) is 10.4 Å². The van der Waals surface area contributed by atoms with Crippen LogP contribution in [0.15, 0.2) is 6.07 Å². The molecule has 0 spiro atoms. The maximum atomic E-state index is 5.61. The van der Waals surface area contributed by atoms with Gasteiger partial charge < -0.3 is 15.0 Å². The topological polar surface area (TPSA) is 24.5 Å². The van der Waals surface area contributed by atoms with Crippen molar-refractivity contribution in [2.45, 2.75) is 38.6 Å². The van der Waals surface area contributed by atoms with Crippen molar-refractivity contribution in [3.8, 4) is 0 Å². The molecule has 1 aliphatic carbocycles. The normalized spacial score (nSPS) is 16.4. The van der Waals surface area contributed by atoms with Crippen molar-refractivity contribution in [2.24, 2.45) is 0 Å². The Morgan fingerprint density at radius 3 is 2.85 bits per heavy atom. The first-order chi connectivity index (χ1) is 9.66. The molecule has 0 fully saturated rings. The summed E-state index contributed by atoms with van der Waals surface area (Å²) in [5.74, 6) is 0. The number of ether oxygens (including phenoxy) is 1. The number of rotatable bonds is 8. The van der Waals surface area contributed by atoms with E-state index in [4.69, 9.17) is 4.74 Å². The smallest absolute Gasteiger partial charge is 0.0593 e. The van der Waals surface area contributed by atoms with E-state index in [-0.39, 0.29) is 0 Å². The Hall–Kier alpha value is -0.420. The maximum Gasteiger partial charge on any atom is 0.0593 e. The van der Waals surface area contributed by atoms with Gasteiger partial charge in [0.25, 0.3) is 0 Å². The molecule has 1 N–H and O–H groups in total. The minimum absolute atomic E-state index is 0.447. The van der Waals surface area contributed by atoms with Gasteiger partial charge in [0.15, 0.2) is 0 Å². The molecule has 4 heteroatoms. The zero-order chi connectivity index (χ0) is 14.4. The van der Waals surface area contributed by atoms with Gasteiger partial charge in [-0.05, 0) is 58.3 Å². The van der Waals surface area contributed by atoms with Gasteiger partial charge in [-0.3, -0.25) is 0 Å². The van der Waals surface area contributed by atoms with Gasteiger partial charge in [-0.15, -0.1) is 11.3 Å². The van der Waals surface area contributed by atoms with Gasteiger partial charge >= 0.3 is 0 Å². The Morgan fingerprint density at radius 1 is 1.30 bits per heavy atom. The van der Waals surface area contributed by atoms with Crippen molar-refractivity contribution in [3.63, 3.8) is 0 Å². The molecule has 1 aromatic heterocycles. The SMILES string of the molecule is CC(NCCOCCN(C)C)c1cc2c(s1)CCCC2. The molecule has 1 unspecified atom stereocenters.